The summed E-state index contributed by atoms with van der Waals surface area (Å²) in [5.41, 5.74) is 0.390. The molecule has 0 aliphatic carbocycles. The molecule has 0 fully saturated rings. The third kappa shape index (κ3) is 4.13. The lowest BCUT2D eigenvalue weighted by Gasteiger charge is -2.22. The van der Waals surface area contributed by atoms with Gasteiger partial charge in [0.1, 0.15) is 0 Å². The van der Waals surface area contributed by atoms with Crippen molar-refractivity contribution in [2.75, 3.05) is 6.54 Å². The Hall–Kier alpha value is -2.21. The first-order valence-corrected chi connectivity index (χ1v) is 6.89. The Morgan fingerprint density at radius 2 is 2.10 bits per heavy atom. The molecule has 0 aliphatic heterocycles. The van der Waals surface area contributed by atoms with Gasteiger partial charge in [-0.3, -0.25) is 4.79 Å². The standard InChI is InChI=1S/C15H19N3O3/c1-3-8-15(2,20)9-16-13(19)11-4-6-12(7-5-11)14-18-17-10-21-14/h4-7,10,20H,3,8-9H2,1-2H3,(H,16,19). The van der Waals surface area contributed by atoms with Crippen molar-refractivity contribution in [3.8, 4) is 11.5 Å². The molecule has 0 saturated heterocycles. The second-order valence-electron chi connectivity index (χ2n) is 5.25. The van der Waals surface area contributed by atoms with Crippen LogP contribution in [0.5, 0.6) is 0 Å². The van der Waals surface area contributed by atoms with Crippen LogP contribution in [0.1, 0.15) is 37.0 Å². The van der Waals surface area contributed by atoms with Crippen LogP contribution < -0.4 is 5.32 Å². The SMILES string of the molecule is CCCC(C)(O)CNC(=O)c1ccc(-c2nnco2)cc1. The highest BCUT2D eigenvalue weighted by Gasteiger charge is 2.20. The molecule has 1 atom stereocenters. The summed E-state index contributed by atoms with van der Waals surface area (Å²) in [6.07, 6.45) is 2.76. The molecule has 0 radical (unpaired) electrons. The quantitative estimate of drug-likeness (QED) is 0.849. The fourth-order valence-electron chi connectivity index (χ4n) is 2.06. The molecule has 1 aromatic heterocycles. The van der Waals surface area contributed by atoms with Crippen molar-refractivity contribution in [1.29, 1.82) is 0 Å². The van der Waals surface area contributed by atoms with E-state index < -0.39 is 5.60 Å². The summed E-state index contributed by atoms with van der Waals surface area (Å²) in [6, 6.07) is 6.85. The summed E-state index contributed by atoms with van der Waals surface area (Å²) in [5, 5.41) is 20.2. The Kier molecular flexibility index (Phi) is 4.70. The van der Waals surface area contributed by atoms with Crippen molar-refractivity contribution in [3.05, 3.63) is 36.2 Å². The summed E-state index contributed by atoms with van der Waals surface area (Å²) in [6.45, 7) is 3.94. The van der Waals surface area contributed by atoms with E-state index in [1.165, 1.54) is 6.39 Å². The minimum atomic E-state index is -0.881. The molecule has 0 spiro atoms. The minimum absolute atomic E-state index is 0.219. The highest BCUT2D eigenvalue weighted by Crippen LogP contribution is 2.17. The third-order valence-electron chi connectivity index (χ3n) is 3.17. The predicted octanol–water partition coefficient (Wildman–Crippen LogP) is 2.02. The van der Waals surface area contributed by atoms with Gasteiger partial charge in [-0.2, -0.15) is 0 Å². The molecule has 0 aliphatic rings. The molecule has 2 aromatic rings. The highest BCUT2D eigenvalue weighted by molar-refractivity contribution is 5.94. The van der Waals surface area contributed by atoms with Crippen molar-refractivity contribution in [1.82, 2.24) is 15.5 Å². The fraction of sp³-hybridized carbons (Fsp3) is 0.400. The largest absolute Gasteiger partial charge is 0.423 e. The van der Waals surface area contributed by atoms with Gasteiger partial charge in [0.15, 0.2) is 0 Å². The molecule has 1 unspecified atom stereocenters. The van der Waals surface area contributed by atoms with E-state index in [2.05, 4.69) is 15.5 Å². The number of carbonyl (C=O) groups excluding carboxylic acids is 1. The van der Waals surface area contributed by atoms with Crippen LogP contribution in [-0.2, 0) is 0 Å². The summed E-state index contributed by atoms with van der Waals surface area (Å²) in [5.74, 6) is 0.191. The zero-order valence-electron chi connectivity index (χ0n) is 12.2. The third-order valence-corrected chi connectivity index (χ3v) is 3.17. The molecule has 2 N–H and O–H groups in total. The Balaban J connectivity index is 1.97. The molecule has 2 rings (SSSR count). The molecule has 1 aromatic carbocycles. The van der Waals surface area contributed by atoms with Crippen molar-refractivity contribution >= 4 is 5.91 Å². The number of carbonyl (C=O) groups is 1. The van der Waals surface area contributed by atoms with Gasteiger partial charge in [-0.15, -0.1) is 10.2 Å². The minimum Gasteiger partial charge on any atom is -0.423 e. The van der Waals surface area contributed by atoms with E-state index in [9.17, 15) is 9.90 Å². The molecule has 6 heteroatoms. The number of benzene rings is 1. The van der Waals surface area contributed by atoms with Crippen molar-refractivity contribution in [2.24, 2.45) is 0 Å². The molecule has 1 heterocycles. The molecule has 6 nitrogen and oxygen atoms in total. The van der Waals surface area contributed by atoms with Gasteiger partial charge in [0.25, 0.3) is 5.91 Å². The van der Waals surface area contributed by atoms with Crippen LogP contribution in [0.15, 0.2) is 35.1 Å². The van der Waals surface area contributed by atoms with Gasteiger partial charge in [-0.1, -0.05) is 13.3 Å². The lowest BCUT2D eigenvalue weighted by molar-refractivity contribution is 0.0469. The summed E-state index contributed by atoms with van der Waals surface area (Å²) < 4.78 is 5.08. The van der Waals surface area contributed by atoms with E-state index in [-0.39, 0.29) is 12.5 Å². The molecular weight excluding hydrogens is 270 g/mol. The number of nitrogens with one attached hydrogen (secondary N) is 1. The second-order valence-corrected chi connectivity index (χ2v) is 5.25. The average molecular weight is 289 g/mol. The van der Waals surface area contributed by atoms with E-state index in [4.69, 9.17) is 4.42 Å². The van der Waals surface area contributed by atoms with Crippen LogP contribution in [0.4, 0.5) is 0 Å². The van der Waals surface area contributed by atoms with Gasteiger partial charge < -0.3 is 14.8 Å². The van der Waals surface area contributed by atoms with Crippen LogP contribution in [-0.4, -0.2) is 33.4 Å². The van der Waals surface area contributed by atoms with Crippen LogP contribution in [0.25, 0.3) is 11.5 Å². The van der Waals surface area contributed by atoms with E-state index in [1.807, 2.05) is 6.92 Å². The predicted molar refractivity (Wildman–Crippen MR) is 77.6 cm³/mol. The smallest absolute Gasteiger partial charge is 0.251 e. The Labute approximate surface area is 123 Å². The molecule has 21 heavy (non-hydrogen) atoms. The lowest BCUT2D eigenvalue weighted by atomic mass is 10.0. The summed E-state index contributed by atoms with van der Waals surface area (Å²) in [7, 11) is 0. The average Bonchev–Trinajstić information content (AvgIpc) is 2.99. The maximum absolute atomic E-state index is 12.0. The topological polar surface area (TPSA) is 88.2 Å². The van der Waals surface area contributed by atoms with E-state index in [1.54, 1.807) is 31.2 Å². The number of amides is 1. The zero-order valence-corrected chi connectivity index (χ0v) is 12.2. The van der Waals surface area contributed by atoms with Crippen LogP contribution in [0.2, 0.25) is 0 Å². The maximum atomic E-state index is 12.0. The molecule has 0 bridgehead atoms. The van der Waals surface area contributed by atoms with Crippen molar-refractivity contribution in [2.45, 2.75) is 32.3 Å². The Morgan fingerprint density at radius 1 is 1.38 bits per heavy atom. The maximum Gasteiger partial charge on any atom is 0.251 e. The number of aliphatic hydroxyl groups is 1. The van der Waals surface area contributed by atoms with Crippen LogP contribution >= 0.6 is 0 Å². The van der Waals surface area contributed by atoms with Gasteiger partial charge in [0.2, 0.25) is 12.3 Å². The molecular formula is C15H19N3O3. The number of hydrogen-bond acceptors (Lipinski definition) is 5. The Bertz CT molecular complexity index is 577. The number of aromatic nitrogens is 2. The van der Waals surface area contributed by atoms with Crippen molar-refractivity contribution < 1.29 is 14.3 Å². The monoisotopic (exact) mass is 289 g/mol. The van der Waals surface area contributed by atoms with Gasteiger partial charge in [0.05, 0.1) is 5.60 Å². The molecule has 0 saturated carbocycles. The first-order chi connectivity index (χ1) is 10.0. The van der Waals surface area contributed by atoms with Crippen molar-refractivity contribution in [3.63, 3.8) is 0 Å². The van der Waals surface area contributed by atoms with E-state index >= 15 is 0 Å². The molecule has 112 valence electrons. The van der Waals surface area contributed by atoms with Gasteiger partial charge in [-0.25, -0.2) is 0 Å². The van der Waals surface area contributed by atoms with E-state index in [0.717, 1.165) is 12.0 Å². The van der Waals surface area contributed by atoms with Crippen LogP contribution in [0, 0.1) is 0 Å². The first kappa shape index (κ1) is 15.2. The van der Waals surface area contributed by atoms with Gasteiger partial charge >= 0.3 is 0 Å². The summed E-state index contributed by atoms with van der Waals surface area (Å²) in [4.78, 5) is 12.0. The normalized spacial score (nSPS) is 13.7. The number of rotatable bonds is 6. The zero-order chi connectivity index (χ0) is 15.3. The number of nitrogens with zero attached hydrogens (tertiary/aromatic N) is 2. The first-order valence-electron chi connectivity index (χ1n) is 6.89. The van der Waals surface area contributed by atoms with Gasteiger partial charge in [0, 0.05) is 17.7 Å². The number of hydrogen-bond donors (Lipinski definition) is 2. The summed E-state index contributed by atoms with van der Waals surface area (Å²) >= 11 is 0. The van der Waals surface area contributed by atoms with Crippen LogP contribution in [0.3, 0.4) is 0 Å². The Morgan fingerprint density at radius 3 is 2.67 bits per heavy atom. The van der Waals surface area contributed by atoms with E-state index in [0.29, 0.717) is 17.9 Å². The van der Waals surface area contributed by atoms with Gasteiger partial charge in [-0.05, 0) is 37.6 Å². The second kappa shape index (κ2) is 6.49. The highest BCUT2D eigenvalue weighted by atomic mass is 16.4. The molecule has 1 amide bonds. The lowest BCUT2D eigenvalue weighted by Crippen LogP contribution is -2.40. The fourth-order valence-corrected chi connectivity index (χ4v) is 2.06.